The molecular weight excluding hydrogens is 391 g/mol. The van der Waals surface area contributed by atoms with Gasteiger partial charge in [-0.15, -0.1) is 0 Å². The zero-order chi connectivity index (χ0) is 22.2. The average Bonchev–Trinajstić information content (AvgIpc) is 2.69. The zero-order valence-electron chi connectivity index (χ0n) is 19.3. The zero-order valence-corrected chi connectivity index (χ0v) is 20.2. The van der Waals surface area contributed by atoms with E-state index in [4.69, 9.17) is 14.5 Å². The molecule has 0 rings (SSSR count). The number of hydrogen-bond donors (Lipinski definition) is 3. The molecule has 0 spiro atoms. The summed E-state index contributed by atoms with van der Waals surface area (Å²) in [6, 6.07) is 0. The number of ether oxygens (including phenoxy) is 1. The van der Waals surface area contributed by atoms with Crippen LogP contribution in [0.4, 0.5) is 0 Å². The molecule has 1 atom stereocenters. The summed E-state index contributed by atoms with van der Waals surface area (Å²) in [7, 11) is -4.51. The van der Waals surface area contributed by atoms with Gasteiger partial charge in [-0.1, -0.05) is 111 Å². The minimum Gasteiger partial charge on any atom is -0.388 e. The van der Waals surface area contributed by atoms with Crippen molar-refractivity contribution >= 4 is 7.82 Å². The van der Waals surface area contributed by atoms with Gasteiger partial charge in [-0.2, -0.15) is 0 Å². The fourth-order valence-corrected chi connectivity index (χ4v) is 3.39. The highest BCUT2D eigenvalue weighted by molar-refractivity contribution is 7.46. The highest BCUT2D eigenvalue weighted by atomic mass is 31.2. The molecule has 0 aromatic heterocycles. The van der Waals surface area contributed by atoms with Gasteiger partial charge in [0.2, 0.25) is 0 Å². The molecule has 1 unspecified atom stereocenters. The lowest BCUT2D eigenvalue weighted by molar-refractivity contribution is 0.00476. The quantitative estimate of drug-likeness (QED) is 0.142. The van der Waals surface area contributed by atoms with Crippen LogP contribution in [0.2, 0.25) is 0 Å². The molecular formula is C22H49O6P. The standard InChI is InChI=1S/C20H43O6P.C2H6/c1-2-3-4-5-6-7-8-9-10-11-12-13-14-15-16-17-25-18-20(21)19-26-27(22,23)24;1-2/h20-21H,2-19H2,1H3,(H2,22,23,24);1-2H3. The van der Waals surface area contributed by atoms with Gasteiger partial charge < -0.3 is 19.6 Å². The molecule has 6 nitrogen and oxygen atoms in total. The molecule has 0 aromatic rings. The molecule has 3 N–H and O–H groups in total. The van der Waals surface area contributed by atoms with Crippen LogP contribution in [-0.2, 0) is 13.8 Å². The Kier molecular flexibility index (Phi) is 26.2. The largest absolute Gasteiger partial charge is 0.469 e. The molecule has 178 valence electrons. The Labute approximate surface area is 180 Å². The smallest absolute Gasteiger partial charge is 0.388 e. The minimum absolute atomic E-state index is 0.0403. The molecule has 0 heterocycles. The average molecular weight is 441 g/mol. The van der Waals surface area contributed by atoms with Crippen LogP contribution in [-0.4, -0.2) is 40.8 Å². The molecule has 0 saturated carbocycles. The number of unbranched alkanes of at least 4 members (excludes halogenated alkanes) is 14. The van der Waals surface area contributed by atoms with Crippen LogP contribution < -0.4 is 0 Å². The van der Waals surface area contributed by atoms with Gasteiger partial charge >= 0.3 is 7.82 Å². The molecule has 0 radical (unpaired) electrons. The van der Waals surface area contributed by atoms with E-state index in [0.717, 1.165) is 12.8 Å². The summed E-state index contributed by atoms with van der Waals surface area (Å²) in [5.41, 5.74) is 0. The Morgan fingerprint density at radius 1 is 0.690 bits per heavy atom. The lowest BCUT2D eigenvalue weighted by Crippen LogP contribution is -2.21. The molecule has 0 amide bonds. The summed E-state index contributed by atoms with van der Waals surface area (Å²) in [5, 5.41) is 9.44. The lowest BCUT2D eigenvalue weighted by Gasteiger charge is -2.12. The van der Waals surface area contributed by atoms with Crippen molar-refractivity contribution in [2.24, 2.45) is 0 Å². The minimum atomic E-state index is -4.51. The third-order valence-electron chi connectivity index (χ3n) is 4.64. The Morgan fingerprint density at radius 2 is 1.07 bits per heavy atom. The molecule has 0 aliphatic heterocycles. The first-order valence-corrected chi connectivity index (χ1v) is 13.4. The van der Waals surface area contributed by atoms with Crippen molar-refractivity contribution in [3.05, 3.63) is 0 Å². The van der Waals surface area contributed by atoms with Crippen molar-refractivity contribution < 1.29 is 28.7 Å². The van der Waals surface area contributed by atoms with Crippen molar-refractivity contribution in [2.75, 3.05) is 19.8 Å². The topological polar surface area (TPSA) is 96.2 Å². The fraction of sp³-hybridized carbons (Fsp3) is 1.00. The van der Waals surface area contributed by atoms with E-state index in [2.05, 4.69) is 11.4 Å². The number of phosphoric acid groups is 1. The maximum absolute atomic E-state index is 10.5. The molecule has 0 aliphatic carbocycles. The van der Waals surface area contributed by atoms with Crippen LogP contribution in [0.5, 0.6) is 0 Å². The number of rotatable bonds is 21. The van der Waals surface area contributed by atoms with Gasteiger partial charge in [0.05, 0.1) is 13.2 Å². The van der Waals surface area contributed by atoms with Crippen LogP contribution >= 0.6 is 7.82 Å². The summed E-state index contributed by atoms with van der Waals surface area (Å²) in [4.78, 5) is 17.0. The first kappa shape index (κ1) is 31.2. The third kappa shape index (κ3) is 30.3. The van der Waals surface area contributed by atoms with Crippen molar-refractivity contribution in [1.29, 1.82) is 0 Å². The second-order valence-electron chi connectivity index (χ2n) is 7.46. The Hall–Kier alpha value is 0.0300. The van der Waals surface area contributed by atoms with E-state index in [9.17, 15) is 9.67 Å². The fourth-order valence-electron chi connectivity index (χ4n) is 3.03. The van der Waals surface area contributed by atoms with Crippen molar-refractivity contribution in [3.8, 4) is 0 Å². The number of aliphatic hydroxyl groups excluding tert-OH is 1. The summed E-state index contributed by atoms with van der Waals surface area (Å²) in [6.07, 6.45) is 18.7. The summed E-state index contributed by atoms with van der Waals surface area (Å²) < 4.78 is 20.0. The summed E-state index contributed by atoms with van der Waals surface area (Å²) in [6.45, 7) is 6.45. The highest BCUT2D eigenvalue weighted by Crippen LogP contribution is 2.35. The van der Waals surface area contributed by atoms with Gasteiger partial charge in [-0.25, -0.2) is 4.57 Å². The van der Waals surface area contributed by atoms with Gasteiger partial charge in [-0.05, 0) is 6.42 Å². The van der Waals surface area contributed by atoms with Crippen molar-refractivity contribution in [3.63, 3.8) is 0 Å². The van der Waals surface area contributed by atoms with E-state index in [0.29, 0.717) is 6.61 Å². The molecule has 0 aromatic carbocycles. The molecule has 7 heteroatoms. The van der Waals surface area contributed by atoms with E-state index < -0.39 is 20.5 Å². The van der Waals surface area contributed by atoms with E-state index in [1.807, 2.05) is 13.8 Å². The molecule has 0 bridgehead atoms. The van der Waals surface area contributed by atoms with Gasteiger partial charge in [0.25, 0.3) is 0 Å². The SMILES string of the molecule is CC.CCCCCCCCCCCCCCCCCOCC(O)COP(=O)(O)O. The summed E-state index contributed by atoms with van der Waals surface area (Å²) >= 11 is 0. The first-order chi connectivity index (χ1) is 14.0. The Morgan fingerprint density at radius 3 is 1.45 bits per heavy atom. The van der Waals surface area contributed by atoms with Crippen LogP contribution in [0.25, 0.3) is 0 Å². The van der Waals surface area contributed by atoms with Gasteiger partial charge in [0.1, 0.15) is 6.10 Å². The van der Waals surface area contributed by atoms with Crippen LogP contribution in [0.15, 0.2) is 0 Å². The maximum atomic E-state index is 10.5. The van der Waals surface area contributed by atoms with E-state index in [-0.39, 0.29) is 6.61 Å². The van der Waals surface area contributed by atoms with Crippen molar-refractivity contribution in [1.82, 2.24) is 0 Å². The van der Waals surface area contributed by atoms with Gasteiger partial charge in [0.15, 0.2) is 0 Å². The number of phosphoric ester groups is 1. The van der Waals surface area contributed by atoms with Crippen molar-refractivity contribution in [2.45, 2.75) is 123 Å². The van der Waals surface area contributed by atoms with E-state index in [1.165, 1.54) is 83.5 Å². The second-order valence-corrected chi connectivity index (χ2v) is 8.70. The van der Waals surface area contributed by atoms with Crippen LogP contribution in [0, 0.1) is 0 Å². The van der Waals surface area contributed by atoms with Crippen LogP contribution in [0.3, 0.4) is 0 Å². The van der Waals surface area contributed by atoms with Crippen LogP contribution in [0.1, 0.15) is 117 Å². The third-order valence-corrected chi connectivity index (χ3v) is 5.12. The molecule has 29 heavy (non-hydrogen) atoms. The number of aliphatic hydroxyl groups is 1. The Bertz CT molecular complexity index is 348. The molecule has 0 aliphatic rings. The van der Waals surface area contributed by atoms with E-state index >= 15 is 0 Å². The van der Waals surface area contributed by atoms with Gasteiger partial charge in [-0.3, -0.25) is 4.52 Å². The number of hydrogen-bond acceptors (Lipinski definition) is 4. The molecule has 0 fully saturated rings. The predicted molar refractivity (Wildman–Crippen MR) is 121 cm³/mol. The highest BCUT2D eigenvalue weighted by Gasteiger charge is 2.16. The normalized spacial score (nSPS) is 12.5. The Balaban J connectivity index is 0. The second kappa shape index (κ2) is 24.3. The van der Waals surface area contributed by atoms with E-state index in [1.54, 1.807) is 0 Å². The maximum Gasteiger partial charge on any atom is 0.469 e. The first-order valence-electron chi connectivity index (χ1n) is 11.9. The summed E-state index contributed by atoms with van der Waals surface area (Å²) in [5.74, 6) is 0. The molecule has 0 saturated heterocycles. The predicted octanol–water partition coefficient (Wildman–Crippen LogP) is 6.37. The lowest BCUT2D eigenvalue weighted by atomic mass is 10.0. The van der Waals surface area contributed by atoms with Gasteiger partial charge in [0, 0.05) is 6.61 Å². The monoisotopic (exact) mass is 440 g/mol.